The summed E-state index contributed by atoms with van der Waals surface area (Å²) in [5, 5.41) is 0. The van der Waals surface area contributed by atoms with Gasteiger partial charge in [0.1, 0.15) is 5.75 Å². The Bertz CT molecular complexity index is 811. The predicted octanol–water partition coefficient (Wildman–Crippen LogP) is 3.56. The van der Waals surface area contributed by atoms with E-state index in [0.717, 1.165) is 17.7 Å². The summed E-state index contributed by atoms with van der Waals surface area (Å²) in [6.45, 7) is 4.85. The molecule has 0 spiro atoms. The van der Waals surface area contributed by atoms with Crippen LogP contribution in [0.4, 0.5) is 5.69 Å². The monoisotopic (exact) mass is 353 g/mol. The molecule has 2 aromatic carbocycles. The van der Waals surface area contributed by atoms with E-state index < -0.39 is 0 Å². The second-order valence-electron chi connectivity index (χ2n) is 6.64. The fourth-order valence-electron chi connectivity index (χ4n) is 3.08. The highest BCUT2D eigenvalue weighted by Crippen LogP contribution is 2.29. The van der Waals surface area contributed by atoms with Gasteiger partial charge in [-0.1, -0.05) is 26.0 Å². The molecule has 0 saturated heterocycles. The minimum absolute atomic E-state index is 0.0147. The molecule has 1 aliphatic rings. The third-order valence-corrected chi connectivity index (χ3v) is 4.61. The number of hydrogen-bond acceptors (Lipinski definition) is 4. The van der Waals surface area contributed by atoms with E-state index in [1.165, 1.54) is 12.7 Å². The van der Waals surface area contributed by atoms with Crippen LogP contribution in [0, 0.1) is 0 Å². The Labute approximate surface area is 153 Å². The first kappa shape index (κ1) is 18.0. The quantitative estimate of drug-likeness (QED) is 0.771. The second-order valence-corrected chi connectivity index (χ2v) is 6.64. The molecule has 5 heteroatoms. The van der Waals surface area contributed by atoms with E-state index in [4.69, 9.17) is 9.47 Å². The highest BCUT2D eigenvalue weighted by molar-refractivity contribution is 5.98. The molecule has 0 aromatic heterocycles. The van der Waals surface area contributed by atoms with Crippen molar-refractivity contribution in [2.24, 2.45) is 0 Å². The van der Waals surface area contributed by atoms with Crippen molar-refractivity contribution in [2.45, 2.75) is 26.2 Å². The number of fused-ring (bicyclic) bond motifs is 1. The van der Waals surface area contributed by atoms with Crippen LogP contribution >= 0.6 is 0 Å². The van der Waals surface area contributed by atoms with Crippen molar-refractivity contribution in [1.29, 1.82) is 0 Å². The van der Waals surface area contributed by atoms with Gasteiger partial charge in [-0.05, 0) is 53.8 Å². The molecule has 26 heavy (non-hydrogen) atoms. The number of carbonyl (C=O) groups is 2. The summed E-state index contributed by atoms with van der Waals surface area (Å²) in [5.74, 6) is 0.679. The number of amides is 1. The first-order chi connectivity index (χ1) is 12.5. The Balaban J connectivity index is 1.64. The maximum absolute atomic E-state index is 12.5. The molecule has 0 radical (unpaired) electrons. The standard InChI is InChI=1S/C21H23NO4/c1-14(2)15-4-7-18(8-5-15)26-13-20(23)22-11-10-16-12-17(21(24)25-3)6-9-19(16)22/h4-9,12,14H,10-11,13H2,1-3H3. The zero-order chi connectivity index (χ0) is 18.7. The number of ether oxygens (including phenoxy) is 2. The van der Waals surface area contributed by atoms with E-state index in [1.54, 1.807) is 23.1 Å². The van der Waals surface area contributed by atoms with Crippen molar-refractivity contribution in [3.63, 3.8) is 0 Å². The molecular formula is C21H23NO4. The maximum atomic E-state index is 12.5. The molecule has 3 rings (SSSR count). The van der Waals surface area contributed by atoms with Crippen molar-refractivity contribution in [3.05, 3.63) is 59.2 Å². The van der Waals surface area contributed by atoms with E-state index >= 15 is 0 Å². The van der Waals surface area contributed by atoms with Gasteiger partial charge in [0.25, 0.3) is 5.91 Å². The van der Waals surface area contributed by atoms with Crippen LogP contribution in [-0.2, 0) is 16.0 Å². The smallest absolute Gasteiger partial charge is 0.337 e. The van der Waals surface area contributed by atoms with E-state index in [0.29, 0.717) is 23.8 Å². The number of benzene rings is 2. The third-order valence-electron chi connectivity index (χ3n) is 4.61. The molecule has 5 nitrogen and oxygen atoms in total. The van der Waals surface area contributed by atoms with Gasteiger partial charge in [0.15, 0.2) is 6.61 Å². The zero-order valence-corrected chi connectivity index (χ0v) is 15.3. The van der Waals surface area contributed by atoms with Crippen LogP contribution in [0.1, 0.15) is 41.3 Å². The maximum Gasteiger partial charge on any atom is 0.337 e. The number of methoxy groups -OCH3 is 1. The predicted molar refractivity (Wildman–Crippen MR) is 99.9 cm³/mol. The Morgan fingerprint density at radius 3 is 2.50 bits per heavy atom. The van der Waals surface area contributed by atoms with Crippen LogP contribution < -0.4 is 9.64 Å². The Kier molecular flexibility index (Phi) is 5.26. The lowest BCUT2D eigenvalue weighted by Crippen LogP contribution is -2.33. The summed E-state index contributed by atoms with van der Waals surface area (Å²) in [4.78, 5) is 25.9. The van der Waals surface area contributed by atoms with Crippen LogP contribution in [-0.4, -0.2) is 32.1 Å². The number of anilines is 1. The van der Waals surface area contributed by atoms with Gasteiger partial charge >= 0.3 is 5.97 Å². The van der Waals surface area contributed by atoms with Gasteiger partial charge in [-0.3, -0.25) is 4.79 Å². The SMILES string of the molecule is COC(=O)c1ccc2c(c1)CCN2C(=O)COc1ccc(C(C)C)cc1. The third kappa shape index (κ3) is 3.72. The molecule has 0 fully saturated rings. The summed E-state index contributed by atoms with van der Waals surface area (Å²) in [6.07, 6.45) is 0.717. The lowest BCUT2D eigenvalue weighted by Gasteiger charge is -2.18. The average molecular weight is 353 g/mol. The molecule has 1 heterocycles. The fraction of sp³-hybridized carbons (Fsp3) is 0.333. The van der Waals surface area contributed by atoms with Crippen molar-refractivity contribution in [3.8, 4) is 5.75 Å². The molecule has 0 atom stereocenters. The van der Waals surface area contributed by atoms with E-state index in [2.05, 4.69) is 13.8 Å². The summed E-state index contributed by atoms with van der Waals surface area (Å²) >= 11 is 0. The summed E-state index contributed by atoms with van der Waals surface area (Å²) in [5.41, 5.74) is 3.55. The van der Waals surface area contributed by atoms with Gasteiger partial charge in [0.05, 0.1) is 12.7 Å². The Morgan fingerprint density at radius 2 is 1.85 bits per heavy atom. The number of hydrogen-bond donors (Lipinski definition) is 0. The molecule has 2 aromatic rings. The van der Waals surface area contributed by atoms with Gasteiger partial charge in [-0.25, -0.2) is 4.79 Å². The van der Waals surface area contributed by atoms with Crippen LogP contribution in [0.25, 0.3) is 0 Å². The largest absolute Gasteiger partial charge is 0.484 e. The van der Waals surface area contributed by atoms with Gasteiger partial charge in [-0.15, -0.1) is 0 Å². The molecule has 0 saturated carbocycles. The minimum Gasteiger partial charge on any atom is -0.484 e. The average Bonchev–Trinajstić information content (AvgIpc) is 3.09. The summed E-state index contributed by atoms with van der Waals surface area (Å²) in [6, 6.07) is 13.1. The molecular weight excluding hydrogens is 330 g/mol. The number of rotatable bonds is 5. The molecule has 0 bridgehead atoms. The van der Waals surface area contributed by atoms with E-state index in [-0.39, 0.29) is 18.5 Å². The van der Waals surface area contributed by atoms with Crippen molar-refractivity contribution in [1.82, 2.24) is 0 Å². The van der Waals surface area contributed by atoms with Crippen LogP contribution in [0.15, 0.2) is 42.5 Å². The van der Waals surface area contributed by atoms with Gasteiger partial charge in [0.2, 0.25) is 0 Å². The van der Waals surface area contributed by atoms with Crippen molar-refractivity contribution >= 4 is 17.6 Å². The minimum atomic E-state index is -0.370. The first-order valence-corrected chi connectivity index (χ1v) is 8.74. The number of nitrogens with zero attached hydrogens (tertiary/aromatic N) is 1. The Morgan fingerprint density at radius 1 is 1.12 bits per heavy atom. The topological polar surface area (TPSA) is 55.8 Å². The van der Waals surface area contributed by atoms with Gasteiger partial charge in [-0.2, -0.15) is 0 Å². The first-order valence-electron chi connectivity index (χ1n) is 8.74. The van der Waals surface area contributed by atoms with Crippen LogP contribution in [0.2, 0.25) is 0 Å². The molecule has 0 aliphatic carbocycles. The van der Waals surface area contributed by atoms with Gasteiger partial charge < -0.3 is 14.4 Å². The molecule has 0 unspecified atom stereocenters. The van der Waals surface area contributed by atoms with Gasteiger partial charge in [0, 0.05) is 12.2 Å². The normalized spacial score (nSPS) is 12.8. The fourth-order valence-corrected chi connectivity index (χ4v) is 3.08. The van der Waals surface area contributed by atoms with E-state index in [1.807, 2.05) is 24.3 Å². The molecule has 1 aliphatic heterocycles. The molecule has 136 valence electrons. The second kappa shape index (κ2) is 7.60. The van der Waals surface area contributed by atoms with Crippen molar-refractivity contribution < 1.29 is 19.1 Å². The molecule has 1 amide bonds. The lowest BCUT2D eigenvalue weighted by molar-refractivity contribution is -0.120. The number of carbonyl (C=O) groups excluding carboxylic acids is 2. The Hall–Kier alpha value is -2.82. The molecule has 0 N–H and O–H groups in total. The van der Waals surface area contributed by atoms with E-state index in [9.17, 15) is 9.59 Å². The highest BCUT2D eigenvalue weighted by atomic mass is 16.5. The summed E-state index contributed by atoms with van der Waals surface area (Å²) in [7, 11) is 1.36. The summed E-state index contributed by atoms with van der Waals surface area (Å²) < 4.78 is 10.4. The zero-order valence-electron chi connectivity index (χ0n) is 15.3. The number of esters is 1. The van der Waals surface area contributed by atoms with Crippen LogP contribution in [0.3, 0.4) is 0 Å². The highest BCUT2D eigenvalue weighted by Gasteiger charge is 2.26. The van der Waals surface area contributed by atoms with Crippen LogP contribution in [0.5, 0.6) is 5.75 Å². The van der Waals surface area contributed by atoms with Crippen molar-refractivity contribution in [2.75, 3.05) is 25.2 Å². The lowest BCUT2D eigenvalue weighted by atomic mass is 10.0.